The molecule has 0 amide bonds. The standard InChI is InChI=1S/C7H9BrN4.2ClH/c8-5-1-10-7(11-2-5)12-6-3-9-4-6;;/h1-2,6,9H,3-4H2,(H,10,11,12);2*1H. The van der Waals surface area contributed by atoms with Crippen molar-refractivity contribution in [2.24, 2.45) is 0 Å². The lowest BCUT2D eigenvalue weighted by atomic mass is 10.2. The number of aromatic nitrogens is 2. The molecule has 80 valence electrons. The van der Waals surface area contributed by atoms with Crippen molar-refractivity contribution in [3.63, 3.8) is 0 Å². The van der Waals surface area contributed by atoms with Gasteiger partial charge in [0.15, 0.2) is 0 Å². The summed E-state index contributed by atoms with van der Waals surface area (Å²) in [6, 6.07) is 0.492. The Kier molecular flexibility index (Phi) is 6.35. The van der Waals surface area contributed by atoms with Crippen LogP contribution < -0.4 is 10.6 Å². The Morgan fingerprint density at radius 3 is 2.29 bits per heavy atom. The number of nitrogens with one attached hydrogen (secondary N) is 2. The van der Waals surface area contributed by atoms with Crippen molar-refractivity contribution in [2.45, 2.75) is 6.04 Å². The molecule has 0 spiro atoms. The number of hydrogen-bond acceptors (Lipinski definition) is 4. The predicted molar refractivity (Wildman–Crippen MR) is 64.5 cm³/mol. The van der Waals surface area contributed by atoms with Crippen LogP contribution in [0.5, 0.6) is 0 Å². The first kappa shape index (κ1) is 13.9. The summed E-state index contributed by atoms with van der Waals surface area (Å²) in [5.74, 6) is 0.699. The first-order valence-electron chi connectivity index (χ1n) is 3.79. The molecule has 0 radical (unpaired) electrons. The minimum Gasteiger partial charge on any atom is -0.349 e. The highest BCUT2D eigenvalue weighted by molar-refractivity contribution is 9.10. The number of anilines is 1. The molecule has 14 heavy (non-hydrogen) atoms. The lowest BCUT2D eigenvalue weighted by molar-refractivity contribution is 0.469. The van der Waals surface area contributed by atoms with Gasteiger partial charge in [-0.25, -0.2) is 9.97 Å². The Morgan fingerprint density at radius 2 is 1.86 bits per heavy atom. The van der Waals surface area contributed by atoms with E-state index in [-0.39, 0.29) is 24.8 Å². The van der Waals surface area contributed by atoms with Crippen LogP contribution in [-0.2, 0) is 0 Å². The molecule has 4 nitrogen and oxygen atoms in total. The van der Waals surface area contributed by atoms with E-state index < -0.39 is 0 Å². The largest absolute Gasteiger partial charge is 0.349 e. The van der Waals surface area contributed by atoms with Crippen LogP contribution in [0.2, 0.25) is 0 Å². The van der Waals surface area contributed by atoms with Gasteiger partial charge in [0.05, 0.1) is 10.5 Å². The second-order valence-corrected chi connectivity index (χ2v) is 3.64. The molecule has 1 aliphatic heterocycles. The zero-order chi connectivity index (χ0) is 8.39. The van der Waals surface area contributed by atoms with E-state index in [2.05, 4.69) is 36.5 Å². The molecule has 0 unspecified atom stereocenters. The van der Waals surface area contributed by atoms with Gasteiger partial charge in [0, 0.05) is 25.5 Å². The maximum absolute atomic E-state index is 4.10. The fourth-order valence-corrected chi connectivity index (χ4v) is 1.16. The van der Waals surface area contributed by atoms with Crippen molar-refractivity contribution < 1.29 is 0 Å². The smallest absolute Gasteiger partial charge is 0.222 e. The summed E-state index contributed by atoms with van der Waals surface area (Å²) in [6.45, 7) is 2.00. The summed E-state index contributed by atoms with van der Waals surface area (Å²) in [4.78, 5) is 8.21. The second-order valence-electron chi connectivity index (χ2n) is 2.72. The lowest BCUT2D eigenvalue weighted by Gasteiger charge is -2.27. The maximum Gasteiger partial charge on any atom is 0.222 e. The molecule has 0 bridgehead atoms. The van der Waals surface area contributed by atoms with Gasteiger partial charge in [0.25, 0.3) is 0 Å². The van der Waals surface area contributed by atoms with Crippen LogP contribution in [0, 0.1) is 0 Å². The van der Waals surface area contributed by atoms with Gasteiger partial charge in [-0.2, -0.15) is 0 Å². The van der Waals surface area contributed by atoms with Crippen molar-refractivity contribution in [3.05, 3.63) is 16.9 Å². The van der Waals surface area contributed by atoms with Crippen molar-refractivity contribution in [1.82, 2.24) is 15.3 Å². The molecule has 2 rings (SSSR count). The van der Waals surface area contributed by atoms with Gasteiger partial charge in [0.2, 0.25) is 5.95 Å². The minimum absolute atomic E-state index is 0. The first-order valence-corrected chi connectivity index (χ1v) is 4.59. The molecule has 1 aromatic rings. The number of hydrogen-bond donors (Lipinski definition) is 2. The highest BCUT2D eigenvalue weighted by Gasteiger charge is 2.16. The Balaban J connectivity index is 0.000000845. The van der Waals surface area contributed by atoms with Crippen molar-refractivity contribution in [1.29, 1.82) is 0 Å². The zero-order valence-electron chi connectivity index (χ0n) is 7.24. The minimum atomic E-state index is 0. The fourth-order valence-electron chi connectivity index (χ4n) is 0.960. The van der Waals surface area contributed by atoms with E-state index in [9.17, 15) is 0 Å². The predicted octanol–water partition coefficient (Wildman–Crippen LogP) is 1.47. The molecule has 1 fully saturated rings. The molecule has 0 aromatic carbocycles. The second kappa shape index (κ2) is 6.40. The highest BCUT2D eigenvalue weighted by Crippen LogP contribution is 2.08. The molecule has 7 heteroatoms. The summed E-state index contributed by atoms with van der Waals surface area (Å²) in [7, 11) is 0. The average molecular weight is 302 g/mol. The molecular weight excluding hydrogens is 291 g/mol. The van der Waals surface area contributed by atoms with E-state index >= 15 is 0 Å². The van der Waals surface area contributed by atoms with Gasteiger partial charge in [-0.1, -0.05) is 0 Å². The Labute approximate surface area is 103 Å². The third-order valence-corrected chi connectivity index (χ3v) is 2.14. The highest BCUT2D eigenvalue weighted by atomic mass is 79.9. The summed E-state index contributed by atoms with van der Waals surface area (Å²) in [5, 5.41) is 6.37. The Morgan fingerprint density at radius 1 is 1.29 bits per heavy atom. The molecule has 0 saturated carbocycles. The van der Waals surface area contributed by atoms with Crippen LogP contribution in [0.25, 0.3) is 0 Å². The van der Waals surface area contributed by atoms with Gasteiger partial charge in [-0.05, 0) is 15.9 Å². The topological polar surface area (TPSA) is 49.8 Å². The molecule has 2 N–H and O–H groups in total. The lowest BCUT2D eigenvalue weighted by Crippen LogP contribution is -2.51. The van der Waals surface area contributed by atoms with E-state index in [0.717, 1.165) is 17.6 Å². The average Bonchev–Trinajstić information content (AvgIpc) is 2.00. The van der Waals surface area contributed by atoms with Crippen molar-refractivity contribution in [2.75, 3.05) is 18.4 Å². The maximum atomic E-state index is 4.10. The van der Waals surface area contributed by atoms with E-state index in [1.54, 1.807) is 12.4 Å². The van der Waals surface area contributed by atoms with Crippen molar-refractivity contribution >= 4 is 46.7 Å². The molecule has 1 aromatic heterocycles. The van der Waals surface area contributed by atoms with Crippen LogP contribution in [0.4, 0.5) is 5.95 Å². The summed E-state index contributed by atoms with van der Waals surface area (Å²) in [5.41, 5.74) is 0. The van der Waals surface area contributed by atoms with Crippen LogP contribution >= 0.6 is 40.7 Å². The first-order chi connectivity index (χ1) is 5.84. The van der Waals surface area contributed by atoms with Crippen LogP contribution in [0.3, 0.4) is 0 Å². The van der Waals surface area contributed by atoms with E-state index in [1.165, 1.54) is 0 Å². The Hall–Kier alpha value is -0.100. The molecular formula is C7H11BrCl2N4. The number of rotatable bonds is 2. The molecule has 0 atom stereocenters. The fraction of sp³-hybridized carbons (Fsp3) is 0.429. The van der Waals surface area contributed by atoms with Crippen LogP contribution in [0.15, 0.2) is 16.9 Å². The van der Waals surface area contributed by atoms with Gasteiger partial charge < -0.3 is 10.6 Å². The van der Waals surface area contributed by atoms with Crippen LogP contribution in [-0.4, -0.2) is 29.1 Å². The van der Waals surface area contributed by atoms with Gasteiger partial charge >= 0.3 is 0 Å². The van der Waals surface area contributed by atoms with E-state index in [1.807, 2.05) is 0 Å². The molecule has 1 aliphatic rings. The number of nitrogens with zero attached hydrogens (tertiary/aromatic N) is 2. The van der Waals surface area contributed by atoms with E-state index in [0.29, 0.717) is 12.0 Å². The third-order valence-electron chi connectivity index (χ3n) is 1.74. The van der Waals surface area contributed by atoms with Crippen LogP contribution in [0.1, 0.15) is 0 Å². The quantitative estimate of drug-likeness (QED) is 0.868. The molecule has 1 saturated heterocycles. The third kappa shape index (κ3) is 3.57. The van der Waals surface area contributed by atoms with Gasteiger partial charge in [-0.15, -0.1) is 24.8 Å². The monoisotopic (exact) mass is 300 g/mol. The SMILES string of the molecule is Brc1cnc(NC2CNC2)nc1.Cl.Cl. The summed E-state index contributed by atoms with van der Waals surface area (Å²) < 4.78 is 0.903. The summed E-state index contributed by atoms with van der Waals surface area (Å²) in [6.07, 6.45) is 3.48. The molecule has 2 heterocycles. The molecule has 0 aliphatic carbocycles. The van der Waals surface area contributed by atoms with E-state index in [4.69, 9.17) is 0 Å². The van der Waals surface area contributed by atoms with Crippen molar-refractivity contribution in [3.8, 4) is 0 Å². The summed E-state index contributed by atoms with van der Waals surface area (Å²) >= 11 is 3.28. The van der Waals surface area contributed by atoms with Gasteiger partial charge in [0.1, 0.15) is 0 Å². The zero-order valence-corrected chi connectivity index (χ0v) is 10.5. The Bertz CT molecular complexity index is 265. The normalized spacial score (nSPS) is 14.6. The number of halogens is 3. The van der Waals surface area contributed by atoms with Gasteiger partial charge in [-0.3, -0.25) is 0 Å².